The number of sulfonamides is 1. The number of nitrogens with zero attached hydrogens (tertiary/aromatic N) is 2. The van der Waals surface area contributed by atoms with E-state index in [9.17, 15) is 18.0 Å². The molecule has 4 aromatic rings. The highest BCUT2D eigenvalue weighted by atomic mass is 79.9. The zero-order valence-corrected chi connectivity index (χ0v) is 27.4. The molecule has 12 heteroatoms. The van der Waals surface area contributed by atoms with Crippen LogP contribution in [0.5, 0.6) is 0 Å². The Morgan fingerprint density at radius 1 is 1.00 bits per heavy atom. The Balaban J connectivity index is 1.39. The molecule has 0 radical (unpaired) electrons. The third-order valence-electron chi connectivity index (χ3n) is 8.14. The summed E-state index contributed by atoms with van der Waals surface area (Å²) in [5, 5.41) is 10.2. The second-order valence-corrected chi connectivity index (χ2v) is 14.7. The molecule has 2 atom stereocenters. The number of urea groups is 1. The molecule has 1 fully saturated rings. The zero-order valence-electron chi connectivity index (χ0n) is 25.0. The van der Waals surface area contributed by atoms with Crippen LogP contribution in [-0.4, -0.2) is 36.9 Å². The normalized spacial score (nSPS) is 17.7. The number of aromatic nitrogens is 2. The number of carbonyl (C=O) groups is 2. The van der Waals surface area contributed by atoms with E-state index >= 15 is 0 Å². The number of rotatable bonds is 10. The van der Waals surface area contributed by atoms with E-state index in [0.29, 0.717) is 40.8 Å². The van der Waals surface area contributed by atoms with Crippen LogP contribution in [0.25, 0.3) is 10.8 Å². The van der Waals surface area contributed by atoms with E-state index in [-0.39, 0.29) is 23.3 Å². The van der Waals surface area contributed by atoms with Gasteiger partial charge in [-0.25, -0.2) is 17.9 Å². The fourth-order valence-corrected chi connectivity index (χ4v) is 7.39. The van der Waals surface area contributed by atoms with Crippen LogP contribution in [0.1, 0.15) is 83.9 Å². The average Bonchev–Trinajstić information content (AvgIpc) is 3.83. The van der Waals surface area contributed by atoms with Gasteiger partial charge in [0, 0.05) is 58.5 Å². The van der Waals surface area contributed by atoms with Crippen LogP contribution in [0.4, 0.5) is 4.79 Å². The highest BCUT2D eigenvalue weighted by Crippen LogP contribution is 2.46. The predicted molar refractivity (Wildman–Crippen MR) is 175 cm³/mol. The average molecular weight is 692 g/mol. The van der Waals surface area contributed by atoms with Crippen LogP contribution in [0.15, 0.2) is 76.5 Å². The number of hydrogen-bond donors (Lipinski definition) is 4. The highest BCUT2D eigenvalue weighted by Gasteiger charge is 2.38. The zero-order chi connectivity index (χ0) is 31.7. The first-order chi connectivity index (χ1) is 21.6. The third-order valence-corrected chi connectivity index (χ3v) is 10.1. The first-order valence-electron chi connectivity index (χ1n) is 15.0. The quantitative estimate of drug-likeness (QED) is 0.170. The largest absolute Gasteiger partial charge is 0.345 e. The van der Waals surface area contributed by atoms with E-state index < -0.39 is 28.1 Å². The van der Waals surface area contributed by atoms with Crippen LogP contribution in [0.2, 0.25) is 0 Å². The number of carbonyl (C=O) groups excluding carboxylic acids is 2. The molecule has 3 amide bonds. The molecule has 6 rings (SSSR count). The molecule has 1 saturated carbocycles. The summed E-state index contributed by atoms with van der Waals surface area (Å²) in [6, 6.07) is 13.1. The highest BCUT2D eigenvalue weighted by molar-refractivity contribution is 9.10. The molecule has 0 saturated heterocycles. The Labute approximate surface area is 271 Å². The van der Waals surface area contributed by atoms with Crippen LogP contribution >= 0.6 is 15.9 Å². The molecule has 0 spiro atoms. The number of nitrogens with one attached hydrogen (secondary N) is 4. The lowest BCUT2D eigenvalue weighted by Crippen LogP contribution is -2.37. The standard InChI is InChI=1S/C33H35BrN6O4S/c1-19(2)15-38-45(43,44)30-13-25-28(40-33(42)37-16-20-5-9-23(34)10-6-20)14-29(39-32(41)22-4-3-11-35-17-22)31(25)26-18-36-27(12-24(26)30)21-7-8-21/h3-6,9-13,17-19,21,28-29,38H,7-8,14-16H2,1-2H3,(H,39,41)(H2,37,40,42). The van der Waals surface area contributed by atoms with E-state index in [1.807, 2.05) is 44.2 Å². The summed E-state index contributed by atoms with van der Waals surface area (Å²) < 4.78 is 31.3. The van der Waals surface area contributed by atoms with Gasteiger partial charge in [0.25, 0.3) is 5.91 Å². The summed E-state index contributed by atoms with van der Waals surface area (Å²) in [5.74, 6) is 0.109. The minimum atomic E-state index is -3.92. The van der Waals surface area contributed by atoms with Gasteiger partial charge in [0.15, 0.2) is 0 Å². The molecule has 45 heavy (non-hydrogen) atoms. The van der Waals surface area contributed by atoms with Crippen molar-refractivity contribution < 1.29 is 18.0 Å². The topological polar surface area (TPSA) is 142 Å². The number of pyridine rings is 2. The molecule has 2 aromatic carbocycles. The van der Waals surface area contributed by atoms with Crippen molar-refractivity contribution in [2.24, 2.45) is 5.92 Å². The molecule has 2 heterocycles. The van der Waals surface area contributed by atoms with Crippen molar-refractivity contribution in [2.75, 3.05) is 6.54 Å². The lowest BCUT2D eigenvalue weighted by molar-refractivity contribution is 0.0935. The Hall–Kier alpha value is -3.87. The summed E-state index contributed by atoms with van der Waals surface area (Å²) in [6.07, 6.45) is 7.18. The summed E-state index contributed by atoms with van der Waals surface area (Å²) >= 11 is 3.42. The van der Waals surface area contributed by atoms with Crippen molar-refractivity contribution in [3.8, 4) is 0 Å². The maximum absolute atomic E-state index is 13.8. The molecule has 10 nitrogen and oxygen atoms in total. The molecular weight excluding hydrogens is 656 g/mol. The Bertz CT molecular complexity index is 1850. The molecule has 0 aliphatic heterocycles. The number of fused-ring (bicyclic) bond motifs is 3. The molecule has 234 valence electrons. The second-order valence-electron chi connectivity index (χ2n) is 12.1. The predicted octanol–water partition coefficient (Wildman–Crippen LogP) is 5.62. The summed E-state index contributed by atoms with van der Waals surface area (Å²) in [6.45, 7) is 4.48. The van der Waals surface area contributed by atoms with Crippen LogP contribution in [-0.2, 0) is 16.6 Å². The van der Waals surface area contributed by atoms with Gasteiger partial charge in [-0.1, -0.05) is 41.9 Å². The van der Waals surface area contributed by atoms with Crippen molar-refractivity contribution in [3.05, 3.63) is 99.5 Å². The van der Waals surface area contributed by atoms with E-state index in [2.05, 4.69) is 41.6 Å². The molecule has 2 aromatic heterocycles. The van der Waals surface area contributed by atoms with Gasteiger partial charge in [-0.2, -0.15) is 0 Å². The molecule has 0 bridgehead atoms. The number of hydrogen-bond acceptors (Lipinski definition) is 6. The lowest BCUT2D eigenvalue weighted by Gasteiger charge is -2.19. The Kier molecular flexibility index (Phi) is 8.89. The maximum atomic E-state index is 13.8. The van der Waals surface area contributed by atoms with Gasteiger partial charge in [-0.05, 0) is 78.3 Å². The minimum absolute atomic E-state index is 0.111. The van der Waals surface area contributed by atoms with Crippen molar-refractivity contribution in [3.63, 3.8) is 0 Å². The molecule has 4 N–H and O–H groups in total. The smallest absolute Gasteiger partial charge is 0.315 e. The monoisotopic (exact) mass is 690 g/mol. The number of amides is 3. The molecular formula is C33H35BrN6O4S. The van der Waals surface area contributed by atoms with E-state index in [0.717, 1.165) is 34.1 Å². The summed E-state index contributed by atoms with van der Waals surface area (Å²) in [4.78, 5) is 35.4. The minimum Gasteiger partial charge on any atom is -0.345 e. The first kappa shape index (κ1) is 31.1. The van der Waals surface area contributed by atoms with Crippen LogP contribution < -0.4 is 20.7 Å². The van der Waals surface area contributed by atoms with Crippen molar-refractivity contribution in [1.29, 1.82) is 0 Å². The Morgan fingerprint density at radius 3 is 2.47 bits per heavy atom. The Morgan fingerprint density at radius 2 is 1.78 bits per heavy atom. The fourth-order valence-electron chi connectivity index (χ4n) is 5.68. The number of halogens is 1. The van der Waals surface area contributed by atoms with E-state index in [4.69, 9.17) is 4.98 Å². The van der Waals surface area contributed by atoms with Crippen molar-refractivity contribution in [2.45, 2.75) is 62.6 Å². The molecule has 2 unspecified atom stereocenters. The van der Waals surface area contributed by atoms with Gasteiger partial charge in [-0.3, -0.25) is 14.8 Å². The van der Waals surface area contributed by atoms with Gasteiger partial charge in [0.2, 0.25) is 10.0 Å². The van der Waals surface area contributed by atoms with Gasteiger partial charge in [0.05, 0.1) is 22.5 Å². The van der Waals surface area contributed by atoms with Gasteiger partial charge >= 0.3 is 6.03 Å². The van der Waals surface area contributed by atoms with E-state index in [1.165, 1.54) is 6.20 Å². The van der Waals surface area contributed by atoms with Crippen LogP contribution in [0, 0.1) is 5.92 Å². The second kappa shape index (κ2) is 12.9. The molecule has 2 aliphatic rings. The lowest BCUT2D eigenvalue weighted by atomic mass is 9.98. The SMILES string of the molecule is CC(C)CNS(=O)(=O)c1cc2c(c3cnc(C4CC4)cc13)C(NC(=O)c1cccnc1)CC2NC(=O)NCc1ccc(Br)cc1. The van der Waals surface area contributed by atoms with Gasteiger partial charge in [-0.15, -0.1) is 0 Å². The van der Waals surface area contributed by atoms with Gasteiger partial charge in [0.1, 0.15) is 0 Å². The third kappa shape index (κ3) is 7.03. The van der Waals surface area contributed by atoms with Crippen LogP contribution in [0.3, 0.4) is 0 Å². The fraction of sp³-hybridized carbons (Fsp3) is 0.333. The first-order valence-corrected chi connectivity index (χ1v) is 17.3. The summed E-state index contributed by atoms with van der Waals surface area (Å²) in [5.41, 5.74) is 3.56. The number of benzene rings is 2. The van der Waals surface area contributed by atoms with Crippen molar-refractivity contribution >= 4 is 48.7 Å². The molecule has 2 aliphatic carbocycles. The summed E-state index contributed by atoms with van der Waals surface area (Å²) in [7, 11) is -3.92. The van der Waals surface area contributed by atoms with E-state index in [1.54, 1.807) is 30.6 Å². The maximum Gasteiger partial charge on any atom is 0.315 e. The van der Waals surface area contributed by atoms with Crippen molar-refractivity contribution in [1.82, 2.24) is 30.6 Å². The van der Waals surface area contributed by atoms with Gasteiger partial charge < -0.3 is 16.0 Å².